The Morgan fingerprint density at radius 1 is 1.11 bits per heavy atom. The number of halogens is 3. The summed E-state index contributed by atoms with van der Waals surface area (Å²) in [5.41, 5.74) is -2.24. The molecule has 138 valence electrons. The Kier molecular flexibility index (Phi) is 4.31. The first-order valence-corrected chi connectivity index (χ1v) is 8.06. The molecular weight excluding hydrogens is 359 g/mol. The zero-order chi connectivity index (χ0) is 20.0. The quantitative estimate of drug-likeness (QED) is 0.819. The van der Waals surface area contributed by atoms with E-state index < -0.39 is 40.6 Å². The maximum absolute atomic E-state index is 12.9. The summed E-state index contributed by atoms with van der Waals surface area (Å²) in [7, 11) is 0. The minimum absolute atomic E-state index is 0.0298. The van der Waals surface area contributed by atoms with Crippen molar-refractivity contribution in [2.24, 2.45) is 11.3 Å². The van der Waals surface area contributed by atoms with Crippen LogP contribution in [0, 0.1) is 22.7 Å². The van der Waals surface area contributed by atoms with Gasteiger partial charge in [-0.1, -0.05) is 24.3 Å². The van der Waals surface area contributed by atoms with Crippen molar-refractivity contribution in [3.8, 4) is 11.8 Å². The molecule has 2 aromatic rings. The van der Waals surface area contributed by atoms with Crippen LogP contribution < -0.4 is 0 Å². The predicted molar refractivity (Wildman–Crippen MR) is 88.8 cm³/mol. The first-order valence-electron chi connectivity index (χ1n) is 8.06. The average Bonchev–Trinajstić information content (AvgIpc) is 3.31. The molecule has 27 heavy (non-hydrogen) atoms. The normalized spacial score (nSPS) is 24.1. The first-order chi connectivity index (χ1) is 12.6. The second kappa shape index (κ2) is 6.23. The molecule has 0 heterocycles. The van der Waals surface area contributed by atoms with Crippen LogP contribution in [0.25, 0.3) is 0 Å². The number of nitrogens with zero attached hydrogens (tertiary/aromatic N) is 1. The Balaban J connectivity index is 2.03. The monoisotopic (exact) mass is 373 g/mol. The third-order valence-corrected chi connectivity index (χ3v) is 5.02. The number of hydrogen-bond donors (Lipinski definition) is 1. The van der Waals surface area contributed by atoms with Crippen molar-refractivity contribution in [1.82, 2.24) is 0 Å². The van der Waals surface area contributed by atoms with Gasteiger partial charge in [0.25, 0.3) is 0 Å². The van der Waals surface area contributed by atoms with Crippen LogP contribution in [0.4, 0.5) is 13.2 Å². The highest BCUT2D eigenvalue weighted by molar-refractivity contribution is 6.09. The van der Waals surface area contributed by atoms with Gasteiger partial charge in [0, 0.05) is 5.92 Å². The molecule has 0 saturated heterocycles. The summed E-state index contributed by atoms with van der Waals surface area (Å²) < 4.78 is 38.3. The SMILES string of the molecule is CC(=O)C1(C#N)C(C(=O)c2ccccc2O)C1c1ccc(C(F)(F)F)cc1. The molecule has 1 aliphatic rings. The first kappa shape index (κ1) is 18.6. The van der Waals surface area contributed by atoms with E-state index in [0.717, 1.165) is 12.1 Å². The lowest BCUT2D eigenvalue weighted by molar-refractivity contribution is -0.137. The lowest BCUT2D eigenvalue weighted by Gasteiger charge is -2.08. The van der Waals surface area contributed by atoms with Gasteiger partial charge in [-0.15, -0.1) is 0 Å². The summed E-state index contributed by atoms with van der Waals surface area (Å²) >= 11 is 0. The zero-order valence-corrected chi connectivity index (χ0v) is 14.1. The fourth-order valence-corrected chi connectivity index (χ4v) is 3.59. The number of phenolic OH excluding ortho intramolecular Hbond substituents is 1. The van der Waals surface area contributed by atoms with Gasteiger partial charge in [-0.25, -0.2) is 0 Å². The molecule has 3 unspecified atom stereocenters. The standard InChI is InChI=1S/C20H14F3NO3/c1-11(25)19(10-24)16(12-6-8-13(9-7-12)20(21,22)23)17(19)18(27)14-4-2-3-5-15(14)26/h2-9,16-17,26H,1H3. The number of nitriles is 1. The van der Waals surface area contributed by atoms with Crippen molar-refractivity contribution in [1.29, 1.82) is 5.26 Å². The minimum atomic E-state index is -4.51. The molecule has 1 saturated carbocycles. The Bertz CT molecular complexity index is 960. The van der Waals surface area contributed by atoms with E-state index in [-0.39, 0.29) is 11.3 Å². The lowest BCUT2D eigenvalue weighted by atomic mass is 9.94. The molecule has 0 bridgehead atoms. The number of carbonyl (C=O) groups excluding carboxylic acids is 2. The van der Waals surface area contributed by atoms with E-state index in [4.69, 9.17) is 0 Å². The third-order valence-electron chi connectivity index (χ3n) is 5.02. The minimum Gasteiger partial charge on any atom is -0.507 e. The summed E-state index contributed by atoms with van der Waals surface area (Å²) in [6.07, 6.45) is -4.51. The highest BCUT2D eigenvalue weighted by Crippen LogP contribution is 2.66. The van der Waals surface area contributed by atoms with Gasteiger partial charge >= 0.3 is 6.18 Å². The molecule has 0 radical (unpaired) electrons. The molecule has 0 aliphatic heterocycles. The zero-order valence-electron chi connectivity index (χ0n) is 14.1. The number of Topliss-reactive ketones (excluding diaryl/α,β-unsaturated/α-hetero) is 2. The number of ketones is 2. The third kappa shape index (κ3) is 2.87. The highest BCUT2D eigenvalue weighted by atomic mass is 19.4. The molecule has 0 spiro atoms. The highest BCUT2D eigenvalue weighted by Gasteiger charge is 2.72. The number of para-hydroxylation sites is 1. The van der Waals surface area contributed by atoms with Gasteiger partial charge in [-0.05, 0) is 36.8 Å². The molecular formula is C20H14F3NO3. The van der Waals surface area contributed by atoms with Crippen molar-refractivity contribution in [2.45, 2.75) is 19.0 Å². The van der Waals surface area contributed by atoms with Crippen molar-refractivity contribution < 1.29 is 27.9 Å². The fraction of sp³-hybridized carbons (Fsp3) is 0.250. The maximum atomic E-state index is 12.9. The Hall–Kier alpha value is -3.14. The van der Waals surface area contributed by atoms with Crippen LogP contribution in [0.5, 0.6) is 5.75 Å². The summed E-state index contributed by atoms with van der Waals surface area (Å²) in [4.78, 5) is 25.1. The molecule has 3 atom stereocenters. The predicted octanol–water partition coefficient (Wildman–Crippen LogP) is 4.11. The van der Waals surface area contributed by atoms with E-state index in [9.17, 15) is 33.1 Å². The summed E-state index contributed by atoms with van der Waals surface area (Å²) in [6.45, 7) is 1.18. The van der Waals surface area contributed by atoms with Crippen molar-refractivity contribution >= 4 is 11.6 Å². The largest absolute Gasteiger partial charge is 0.507 e. The number of aromatic hydroxyl groups is 1. The van der Waals surface area contributed by atoms with E-state index in [1.807, 2.05) is 6.07 Å². The van der Waals surface area contributed by atoms with Gasteiger partial charge in [0.1, 0.15) is 11.2 Å². The van der Waals surface area contributed by atoms with E-state index >= 15 is 0 Å². The molecule has 2 aromatic carbocycles. The van der Waals surface area contributed by atoms with Crippen LogP contribution in [-0.4, -0.2) is 16.7 Å². The molecule has 0 amide bonds. The van der Waals surface area contributed by atoms with Gasteiger partial charge in [-0.2, -0.15) is 18.4 Å². The molecule has 0 aromatic heterocycles. The second-order valence-electron chi connectivity index (χ2n) is 6.49. The molecule has 3 rings (SSSR count). The summed E-state index contributed by atoms with van der Waals surface area (Å²) in [5, 5.41) is 19.5. The molecule has 1 N–H and O–H groups in total. The summed E-state index contributed by atoms with van der Waals surface area (Å²) in [5.74, 6) is -3.34. The number of carbonyl (C=O) groups is 2. The molecule has 4 nitrogen and oxygen atoms in total. The Labute approximate surface area is 152 Å². The molecule has 1 fully saturated rings. The van der Waals surface area contributed by atoms with Gasteiger partial charge < -0.3 is 5.11 Å². The number of alkyl halides is 3. The van der Waals surface area contributed by atoms with E-state index in [2.05, 4.69) is 0 Å². The van der Waals surface area contributed by atoms with E-state index in [1.54, 1.807) is 0 Å². The van der Waals surface area contributed by atoms with Crippen LogP contribution in [-0.2, 0) is 11.0 Å². The fourth-order valence-electron chi connectivity index (χ4n) is 3.59. The smallest absolute Gasteiger partial charge is 0.416 e. The van der Waals surface area contributed by atoms with E-state index in [0.29, 0.717) is 5.56 Å². The second-order valence-corrected chi connectivity index (χ2v) is 6.49. The number of hydrogen-bond acceptors (Lipinski definition) is 4. The van der Waals surface area contributed by atoms with Crippen LogP contribution >= 0.6 is 0 Å². The van der Waals surface area contributed by atoms with E-state index in [1.165, 1.54) is 43.3 Å². The maximum Gasteiger partial charge on any atom is 0.416 e. The number of benzene rings is 2. The van der Waals surface area contributed by atoms with Gasteiger partial charge in [0.05, 0.1) is 23.1 Å². The Morgan fingerprint density at radius 3 is 2.19 bits per heavy atom. The molecule has 7 heteroatoms. The van der Waals surface area contributed by atoms with Crippen LogP contribution in [0.3, 0.4) is 0 Å². The van der Waals surface area contributed by atoms with Crippen molar-refractivity contribution in [3.05, 3.63) is 65.2 Å². The molecule has 1 aliphatic carbocycles. The lowest BCUT2D eigenvalue weighted by Crippen LogP contribution is -2.17. The van der Waals surface area contributed by atoms with Crippen molar-refractivity contribution in [3.63, 3.8) is 0 Å². The van der Waals surface area contributed by atoms with Gasteiger partial charge in [0.2, 0.25) is 0 Å². The number of rotatable bonds is 4. The van der Waals surface area contributed by atoms with Gasteiger partial charge in [-0.3, -0.25) is 9.59 Å². The van der Waals surface area contributed by atoms with Crippen LogP contribution in [0.2, 0.25) is 0 Å². The topological polar surface area (TPSA) is 78.2 Å². The summed E-state index contributed by atoms with van der Waals surface area (Å²) in [6, 6.07) is 11.7. The van der Waals surface area contributed by atoms with Gasteiger partial charge in [0.15, 0.2) is 11.6 Å². The Morgan fingerprint density at radius 2 is 1.70 bits per heavy atom. The average molecular weight is 373 g/mol. The van der Waals surface area contributed by atoms with Crippen molar-refractivity contribution in [2.75, 3.05) is 0 Å². The number of phenols is 1. The van der Waals surface area contributed by atoms with Crippen LogP contribution in [0.1, 0.15) is 34.3 Å². The van der Waals surface area contributed by atoms with Crippen LogP contribution in [0.15, 0.2) is 48.5 Å².